The van der Waals surface area contributed by atoms with Crippen LogP contribution in [0.25, 0.3) is 94.8 Å². The van der Waals surface area contributed by atoms with Crippen molar-refractivity contribution in [3.8, 4) is 73.0 Å². The zero-order chi connectivity index (χ0) is 36.6. The van der Waals surface area contributed by atoms with E-state index in [0.29, 0.717) is 5.82 Å². The molecule has 4 aromatic heterocycles. The van der Waals surface area contributed by atoms with Crippen molar-refractivity contribution in [2.45, 2.75) is 0 Å². The molecule has 6 aromatic carbocycles. The van der Waals surface area contributed by atoms with Crippen LogP contribution in [0.3, 0.4) is 0 Å². The summed E-state index contributed by atoms with van der Waals surface area (Å²) in [4.78, 5) is 18.4. The van der Waals surface area contributed by atoms with Crippen LogP contribution >= 0.6 is 0 Å². The maximum Gasteiger partial charge on any atom is 0.160 e. The molecule has 4 heterocycles. The Morgan fingerprint density at radius 2 is 0.818 bits per heavy atom. The SMILES string of the molecule is c1ccc(-c2ccccc2-c2cc(-c3ccc(-c4cc(-c5ccncc5)nc(-c5ccncc5)n4)cc3)cc(-n3c4ccccc4c4ccccc43)c2)cc1. The topological polar surface area (TPSA) is 56.5 Å². The van der Waals surface area contributed by atoms with Gasteiger partial charge in [0, 0.05) is 57.9 Å². The molecule has 5 heteroatoms. The molecule has 0 atom stereocenters. The summed E-state index contributed by atoms with van der Waals surface area (Å²) in [6.07, 6.45) is 7.12. The second-order valence-corrected chi connectivity index (χ2v) is 13.6. The minimum atomic E-state index is 0.649. The predicted octanol–water partition coefficient (Wildman–Crippen LogP) is 12.4. The van der Waals surface area contributed by atoms with Crippen molar-refractivity contribution < 1.29 is 0 Å². The Morgan fingerprint density at radius 3 is 1.45 bits per heavy atom. The van der Waals surface area contributed by atoms with E-state index < -0.39 is 0 Å². The van der Waals surface area contributed by atoms with Gasteiger partial charge in [0.2, 0.25) is 0 Å². The minimum Gasteiger partial charge on any atom is -0.309 e. The van der Waals surface area contributed by atoms with Crippen LogP contribution in [0.4, 0.5) is 0 Å². The first-order valence-electron chi connectivity index (χ1n) is 18.4. The quantitative estimate of drug-likeness (QED) is 0.166. The first-order chi connectivity index (χ1) is 27.3. The largest absolute Gasteiger partial charge is 0.309 e. The van der Waals surface area contributed by atoms with Crippen LogP contribution in [-0.4, -0.2) is 24.5 Å². The van der Waals surface area contributed by atoms with Crippen LogP contribution in [0.2, 0.25) is 0 Å². The van der Waals surface area contributed by atoms with Gasteiger partial charge in [0.25, 0.3) is 0 Å². The predicted molar refractivity (Wildman–Crippen MR) is 225 cm³/mol. The van der Waals surface area contributed by atoms with E-state index in [4.69, 9.17) is 9.97 Å². The van der Waals surface area contributed by atoms with Gasteiger partial charge in [-0.25, -0.2) is 9.97 Å². The summed E-state index contributed by atoms with van der Waals surface area (Å²) >= 11 is 0. The molecule has 0 spiro atoms. The van der Waals surface area contributed by atoms with Crippen molar-refractivity contribution in [3.63, 3.8) is 0 Å². The fourth-order valence-corrected chi connectivity index (χ4v) is 7.60. The van der Waals surface area contributed by atoms with Crippen molar-refractivity contribution >= 4 is 21.8 Å². The summed E-state index contributed by atoms with van der Waals surface area (Å²) in [5, 5.41) is 2.47. The summed E-state index contributed by atoms with van der Waals surface area (Å²) in [6.45, 7) is 0. The lowest BCUT2D eigenvalue weighted by atomic mass is 9.92. The van der Waals surface area contributed by atoms with Crippen LogP contribution in [0, 0.1) is 0 Å². The van der Waals surface area contributed by atoms with E-state index in [2.05, 4.69) is 166 Å². The van der Waals surface area contributed by atoms with Crippen LogP contribution in [0.5, 0.6) is 0 Å². The normalized spacial score (nSPS) is 11.3. The van der Waals surface area contributed by atoms with Gasteiger partial charge in [-0.1, -0.05) is 115 Å². The summed E-state index contributed by atoms with van der Waals surface area (Å²) in [7, 11) is 0. The van der Waals surface area contributed by atoms with E-state index in [1.165, 1.54) is 38.5 Å². The van der Waals surface area contributed by atoms with Crippen molar-refractivity contribution in [1.29, 1.82) is 0 Å². The average Bonchev–Trinajstić information content (AvgIpc) is 3.61. The molecule has 10 rings (SSSR count). The zero-order valence-corrected chi connectivity index (χ0v) is 29.8. The molecule has 0 radical (unpaired) electrons. The Kier molecular flexibility index (Phi) is 8.08. The van der Waals surface area contributed by atoms with Gasteiger partial charge >= 0.3 is 0 Å². The van der Waals surface area contributed by atoms with Gasteiger partial charge in [-0.2, -0.15) is 0 Å². The number of aromatic nitrogens is 5. The molecule has 10 aromatic rings. The number of para-hydroxylation sites is 2. The molecule has 0 saturated heterocycles. The van der Waals surface area contributed by atoms with Gasteiger partial charge in [0.05, 0.1) is 22.4 Å². The molecule has 55 heavy (non-hydrogen) atoms. The first kappa shape index (κ1) is 32.2. The third-order valence-electron chi connectivity index (χ3n) is 10.2. The first-order valence-corrected chi connectivity index (χ1v) is 18.4. The highest BCUT2D eigenvalue weighted by molar-refractivity contribution is 6.09. The van der Waals surface area contributed by atoms with Crippen molar-refractivity contribution in [2.24, 2.45) is 0 Å². The van der Waals surface area contributed by atoms with Crippen molar-refractivity contribution in [2.75, 3.05) is 0 Å². The molecule has 0 amide bonds. The van der Waals surface area contributed by atoms with E-state index in [-0.39, 0.29) is 0 Å². The van der Waals surface area contributed by atoms with Crippen LogP contribution in [0.1, 0.15) is 0 Å². The third-order valence-corrected chi connectivity index (χ3v) is 10.2. The van der Waals surface area contributed by atoms with Crippen molar-refractivity contribution in [3.05, 3.63) is 201 Å². The van der Waals surface area contributed by atoms with Gasteiger partial charge < -0.3 is 4.57 Å². The fourth-order valence-electron chi connectivity index (χ4n) is 7.60. The Balaban J connectivity index is 1.14. The molecule has 5 nitrogen and oxygen atoms in total. The van der Waals surface area contributed by atoms with Gasteiger partial charge in [-0.3, -0.25) is 9.97 Å². The van der Waals surface area contributed by atoms with E-state index in [9.17, 15) is 0 Å². The van der Waals surface area contributed by atoms with Crippen LogP contribution < -0.4 is 0 Å². The molecule has 258 valence electrons. The smallest absolute Gasteiger partial charge is 0.160 e. The molecule has 0 aliphatic heterocycles. The molecule has 0 unspecified atom stereocenters. The molecule has 0 saturated carbocycles. The molecular formula is C50H33N5. The minimum absolute atomic E-state index is 0.649. The Morgan fingerprint density at radius 1 is 0.327 bits per heavy atom. The number of hydrogen-bond donors (Lipinski definition) is 0. The number of rotatable bonds is 7. The van der Waals surface area contributed by atoms with Crippen molar-refractivity contribution in [1.82, 2.24) is 24.5 Å². The molecule has 0 bridgehead atoms. The fraction of sp³-hybridized carbons (Fsp3) is 0. The average molecular weight is 704 g/mol. The molecule has 0 N–H and O–H groups in total. The van der Waals surface area contributed by atoms with E-state index in [0.717, 1.165) is 50.5 Å². The lowest BCUT2D eigenvalue weighted by Gasteiger charge is -2.16. The summed E-state index contributed by atoms with van der Waals surface area (Å²) in [5.41, 5.74) is 15.0. The second kappa shape index (κ2) is 13.8. The zero-order valence-electron chi connectivity index (χ0n) is 29.8. The number of hydrogen-bond acceptors (Lipinski definition) is 4. The maximum absolute atomic E-state index is 5.04. The maximum atomic E-state index is 5.04. The molecule has 0 fully saturated rings. The number of benzene rings is 6. The Bertz CT molecular complexity index is 2840. The molecular weight excluding hydrogens is 671 g/mol. The molecule has 0 aliphatic carbocycles. The highest BCUT2D eigenvalue weighted by Gasteiger charge is 2.17. The van der Waals surface area contributed by atoms with E-state index in [1.807, 2.05) is 24.3 Å². The Labute approximate surface area is 318 Å². The summed E-state index contributed by atoms with van der Waals surface area (Å²) in [6, 6.07) is 62.3. The van der Waals surface area contributed by atoms with Crippen LogP contribution in [-0.2, 0) is 0 Å². The highest BCUT2D eigenvalue weighted by atomic mass is 15.0. The summed E-state index contributed by atoms with van der Waals surface area (Å²) < 4.78 is 2.40. The summed E-state index contributed by atoms with van der Waals surface area (Å²) in [5.74, 6) is 0.649. The van der Waals surface area contributed by atoms with Gasteiger partial charge in [0.1, 0.15) is 0 Å². The number of fused-ring (bicyclic) bond motifs is 3. The van der Waals surface area contributed by atoms with Gasteiger partial charge in [-0.05, 0) is 94.0 Å². The third kappa shape index (κ3) is 6.04. The van der Waals surface area contributed by atoms with Gasteiger partial charge in [-0.15, -0.1) is 0 Å². The standard InChI is InChI=1S/C50H33N5/c1-2-10-35(11-3-1)42-12-4-5-13-43(42)40-30-39(31-41(32-40)55-48-16-8-6-14-44(48)45-15-7-9-17-49(45)55)34-18-20-36(21-19-34)46-33-47(37-22-26-51-27-23-37)54-50(53-46)38-24-28-52-29-25-38/h1-33H. The highest BCUT2D eigenvalue weighted by Crippen LogP contribution is 2.39. The van der Waals surface area contributed by atoms with E-state index >= 15 is 0 Å². The molecule has 0 aliphatic rings. The second-order valence-electron chi connectivity index (χ2n) is 13.6. The number of pyridine rings is 2. The lowest BCUT2D eigenvalue weighted by Crippen LogP contribution is -1.97. The van der Waals surface area contributed by atoms with Gasteiger partial charge in [0.15, 0.2) is 5.82 Å². The lowest BCUT2D eigenvalue weighted by molar-refractivity contribution is 1.17. The monoisotopic (exact) mass is 703 g/mol. The Hall–Kier alpha value is -7.50. The van der Waals surface area contributed by atoms with E-state index in [1.54, 1.807) is 24.8 Å². The number of nitrogens with zero attached hydrogens (tertiary/aromatic N) is 5. The van der Waals surface area contributed by atoms with Crippen LogP contribution in [0.15, 0.2) is 201 Å².